The lowest BCUT2D eigenvalue weighted by Crippen LogP contribution is -2.18. The number of rotatable bonds is 6. The van der Waals surface area contributed by atoms with Gasteiger partial charge < -0.3 is 14.0 Å². The number of ether oxygens (including phenoxy) is 2. The van der Waals surface area contributed by atoms with Gasteiger partial charge in [-0.3, -0.25) is 4.79 Å². The Morgan fingerprint density at radius 2 is 1.70 bits per heavy atom. The second-order valence-corrected chi connectivity index (χ2v) is 9.76. The van der Waals surface area contributed by atoms with Crippen molar-refractivity contribution >= 4 is 39.2 Å². The molecule has 0 radical (unpaired) electrons. The van der Waals surface area contributed by atoms with Crippen LogP contribution >= 0.6 is 23.1 Å². The lowest BCUT2D eigenvalue weighted by atomic mass is 10.0. The van der Waals surface area contributed by atoms with Crippen molar-refractivity contribution in [1.82, 2.24) is 4.57 Å². The largest absolute Gasteiger partial charge is 0.486 e. The summed E-state index contributed by atoms with van der Waals surface area (Å²) in [5.41, 5.74) is 4.02. The fourth-order valence-electron chi connectivity index (χ4n) is 3.84. The molecule has 5 rings (SSSR count). The molecule has 0 saturated heterocycles. The number of aryl methyl sites for hydroxylation is 1. The van der Waals surface area contributed by atoms with E-state index < -0.39 is 0 Å². The van der Waals surface area contributed by atoms with Gasteiger partial charge >= 0.3 is 0 Å². The van der Waals surface area contributed by atoms with E-state index in [9.17, 15) is 4.79 Å². The van der Waals surface area contributed by atoms with E-state index in [4.69, 9.17) is 9.47 Å². The van der Waals surface area contributed by atoms with Gasteiger partial charge in [-0.25, -0.2) is 0 Å². The van der Waals surface area contributed by atoms with E-state index in [1.165, 1.54) is 22.5 Å². The standard InChI is InChI=1S/C26H24N2O3S2/c1-32-14-11-28-21-16-22-23(31-13-12-30-22)17-24(21)33-26(28)27-25(29)20-9-7-19(8-10-20)15-18-5-3-2-4-6-18/h2-10,16-17H,11-15H2,1H3. The topological polar surface area (TPSA) is 52.8 Å². The third-order valence-corrected chi connectivity index (χ3v) is 7.15. The molecule has 5 nitrogen and oxygen atoms in total. The summed E-state index contributed by atoms with van der Waals surface area (Å²) in [6, 6.07) is 22.0. The number of carbonyl (C=O) groups is 1. The quantitative estimate of drug-likeness (QED) is 0.385. The molecule has 1 amide bonds. The summed E-state index contributed by atoms with van der Waals surface area (Å²) in [5.74, 6) is 2.19. The summed E-state index contributed by atoms with van der Waals surface area (Å²) in [6.45, 7) is 1.86. The number of hydrogen-bond donors (Lipinski definition) is 0. The molecule has 4 aromatic rings. The number of fused-ring (bicyclic) bond motifs is 2. The van der Waals surface area contributed by atoms with Gasteiger partial charge in [0.2, 0.25) is 0 Å². The Hall–Kier alpha value is -3.03. The van der Waals surface area contributed by atoms with Crippen LogP contribution in [0.15, 0.2) is 71.7 Å². The van der Waals surface area contributed by atoms with E-state index in [1.54, 1.807) is 11.8 Å². The lowest BCUT2D eigenvalue weighted by Gasteiger charge is -2.18. The van der Waals surface area contributed by atoms with E-state index in [0.29, 0.717) is 23.6 Å². The van der Waals surface area contributed by atoms with Gasteiger partial charge in [-0.05, 0) is 35.9 Å². The van der Waals surface area contributed by atoms with Crippen LogP contribution in [0.2, 0.25) is 0 Å². The van der Waals surface area contributed by atoms with E-state index >= 15 is 0 Å². The number of amides is 1. The van der Waals surface area contributed by atoms with Gasteiger partial charge in [-0.2, -0.15) is 16.8 Å². The van der Waals surface area contributed by atoms with Crippen molar-refractivity contribution in [3.63, 3.8) is 0 Å². The third kappa shape index (κ3) is 4.84. The molecule has 1 aliphatic rings. The Balaban J connectivity index is 1.46. The van der Waals surface area contributed by atoms with Gasteiger partial charge in [0.05, 0.1) is 10.2 Å². The van der Waals surface area contributed by atoms with E-state index in [1.807, 2.05) is 54.6 Å². The fourth-order valence-corrected chi connectivity index (χ4v) is 5.27. The van der Waals surface area contributed by atoms with Crippen LogP contribution in [0.3, 0.4) is 0 Å². The zero-order valence-electron chi connectivity index (χ0n) is 18.3. The van der Waals surface area contributed by atoms with Gasteiger partial charge in [0.25, 0.3) is 5.91 Å². The van der Waals surface area contributed by atoms with Crippen LogP contribution in [-0.4, -0.2) is 35.7 Å². The molecule has 0 fully saturated rings. The molecule has 0 unspecified atom stereocenters. The second-order valence-electron chi connectivity index (χ2n) is 7.77. The highest BCUT2D eigenvalue weighted by atomic mass is 32.2. The highest BCUT2D eigenvalue weighted by molar-refractivity contribution is 7.98. The van der Waals surface area contributed by atoms with Crippen molar-refractivity contribution < 1.29 is 14.3 Å². The normalized spacial score (nSPS) is 13.4. The fraction of sp³-hybridized carbons (Fsp3) is 0.231. The summed E-state index contributed by atoms with van der Waals surface area (Å²) in [7, 11) is 0. The maximum Gasteiger partial charge on any atom is 0.279 e. The van der Waals surface area contributed by atoms with Crippen molar-refractivity contribution in [2.24, 2.45) is 4.99 Å². The average Bonchev–Trinajstić information content (AvgIpc) is 3.17. The molecule has 0 N–H and O–H groups in total. The molecule has 0 spiro atoms. The summed E-state index contributed by atoms with van der Waals surface area (Å²) >= 11 is 3.27. The molecular weight excluding hydrogens is 452 g/mol. The SMILES string of the molecule is CSCCn1c(=NC(=O)c2ccc(Cc3ccccc3)cc2)sc2cc3c(cc21)OCCO3. The number of thiazole rings is 1. The van der Waals surface area contributed by atoms with E-state index in [-0.39, 0.29) is 5.91 Å². The molecule has 3 aromatic carbocycles. The van der Waals surface area contributed by atoms with Gasteiger partial charge in [-0.1, -0.05) is 53.8 Å². The first-order valence-electron chi connectivity index (χ1n) is 10.8. The first kappa shape index (κ1) is 21.8. The minimum absolute atomic E-state index is 0.233. The average molecular weight is 477 g/mol. The van der Waals surface area contributed by atoms with Crippen molar-refractivity contribution in [2.75, 3.05) is 25.2 Å². The molecule has 1 aromatic heterocycles. The van der Waals surface area contributed by atoms with Crippen LogP contribution < -0.4 is 14.3 Å². The van der Waals surface area contributed by atoms with Crippen LogP contribution in [-0.2, 0) is 13.0 Å². The van der Waals surface area contributed by atoms with Gasteiger partial charge in [0, 0.05) is 30.0 Å². The smallest absolute Gasteiger partial charge is 0.279 e. The molecule has 0 aliphatic carbocycles. The first-order valence-corrected chi connectivity index (χ1v) is 13.1. The summed E-state index contributed by atoms with van der Waals surface area (Å²) in [4.78, 5) is 18.2. The highest BCUT2D eigenvalue weighted by Gasteiger charge is 2.17. The van der Waals surface area contributed by atoms with Gasteiger partial charge in [-0.15, -0.1) is 0 Å². The van der Waals surface area contributed by atoms with Crippen LogP contribution in [0.1, 0.15) is 21.5 Å². The second kappa shape index (κ2) is 9.85. The Labute approximate surface area is 200 Å². The zero-order chi connectivity index (χ0) is 22.6. The van der Waals surface area contributed by atoms with Crippen molar-refractivity contribution in [2.45, 2.75) is 13.0 Å². The van der Waals surface area contributed by atoms with Crippen molar-refractivity contribution in [3.05, 3.63) is 88.2 Å². The molecule has 7 heteroatoms. The molecule has 33 heavy (non-hydrogen) atoms. The highest BCUT2D eigenvalue weighted by Crippen LogP contribution is 2.35. The Bertz CT molecular complexity index is 1340. The van der Waals surface area contributed by atoms with E-state index in [0.717, 1.165) is 40.4 Å². The number of carbonyl (C=O) groups excluding carboxylic acids is 1. The van der Waals surface area contributed by atoms with Gasteiger partial charge in [0.15, 0.2) is 16.3 Å². The first-order chi connectivity index (χ1) is 16.2. The van der Waals surface area contributed by atoms with E-state index in [2.05, 4.69) is 27.9 Å². The van der Waals surface area contributed by atoms with Crippen LogP contribution in [0.5, 0.6) is 11.5 Å². The van der Waals surface area contributed by atoms with Crippen molar-refractivity contribution in [1.29, 1.82) is 0 Å². The summed E-state index contributed by atoms with van der Waals surface area (Å²) < 4.78 is 14.6. The predicted molar refractivity (Wildman–Crippen MR) is 135 cm³/mol. The number of hydrogen-bond acceptors (Lipinski definition) is 5. The molecule has 0 bridgehead atoms. The number of benzene rings is 3. The van der Waals surface area contributed by atoms with Crippen LogP contribution in [0.4, 0.5) is 0 Å². The zero-order valence-corrected chi connectivity index (χ0v) is 20.0. The van der Waals surface area contributed by atoms with Crippen LogP contribution in [0.25, 0.3) is 10.2 Å². The summed E-state index contributed by atoms with van der Waals surface area (Å²) in [6.07, 6.45) is 2.92. The maximum absolute atomic E-state index is 13.0. The number of thioether (sulfide) groups is 1. The lowest BCUT2D eigenvalue weighted by molar-refractivity contribution is 0.0998. The minimum Gasteiger partial charge on any atom is -0.486 e. The monoisotopic (exact) mass is 476 g/mol. The molecule has 168 valence electrons. The number of aromatic nitrogens is 1. The maximum atomic E-state index is 13.0. The van der Waals surface area contributed by atoms with Crippen molar-refractivity contribution in [3.8, 4) is 11.5 Å². The van der Waals surface area contributed by atoms with Crippen LogP contribution in [0, 0.1) is 0 Å². The molecular formula is C26H24N2O3S2. The van der Waals surface area contributed by atoms with Gasteiger partial charge in [0.1, 0.15) is 13.2 Å². The molecule has 0 saturated carbocycles. The Morgan fingerprint density at radius 1 is 1.00 bits per heavy atom. The molecule has 0 atom stereocenters. The third-order valence-electron chi connectivity index (χ3n) is 5.51. The summed E-state index contributed by atoms with van der Waals surface area (Å²) in [5, 5.41) is 0. The molecule has 1 aliphatic heterocycles. The minimum atomic E-state index is -0.233. The Kier molecular flexibility index (Phi) is 6.51. The molecule has 2 heterocycles. The predicted octanol–water partition coefficient (Wildman–Crippen LogP) is 5.17. The number of nitrogens with zero attached hydrogens (tertiary/aromatic N) is 2. The Morgan fingerprint density at radius 3 is 2.42 bits per heavy atom.